The average Bonchev–Trinajstić information content (AvgIpc) is 3.15. The number of aryl methyl sites for hydroxylation is 2. The molecule has 0 unspecified atom stereocenters. The minimum Gasteiger partial charge on any atom is -0.248 e. The number of unbranched alkanes of at least 4 members (excludes halogenated alkanes) is 17. The van der Waals surface area contributed by atoms with Gasteiger partial charge in [0, 0.05) is 6.42 Å². The molecular weight excluding hydrogens is 340 g/mol. The van der Waals surface area contributed by atoms with E-state index < -0.39 is 0 Å². The second kappa shape index (κ2) is 19.5. The van der Waals surface area contributed by atoms with Crippen molar-refractivity contribution in [1.29, 1.82) is 0 Å². The minimum atomic E-state index is 1.20. The van der Waals surface area contributed by atoms with E-state index in [-0.39, 0.29) is 0 Å². The average molecular weight is 392 g/mol. The maximum atomic E-state index is 3.45. The molecule has 0 aliphatic carbocycles. The molecule has 1 heterocycles. The highest BCUT2D eigenvalue weighted by atomic mass is 15.1. The molecule has 0 amide bonds. The van der Waals surface area contributed by atoms with Crippen LogP contribution in [-0.2, 0) is 13.0 Å². The predicted octanol–water partition coefficient (Wildman–Crippen LogP) is 8.30. The second-order valence-corrected chi connectivity index (χ2v) is 8.86. The molecule has 28 heavy (non-hydrogen) atoms. The van der Waals surface area contributed by atoms with Crippen molar-refractivity contribution >= 4 is 0 Å². The van der Waals surface area contributed by atoms with Crippen molar-refractivity contribution in [3.63, 3.8) is 0 Å². The number of rotatable bonds is 21. The molecule has 0 spiro atoms. The van der Waals surface area contributed by atoms with Gasteiger partial charge in [-0.25, -0.2) is 9.55 Å². The maximum absolute atomic E-state index is 3.45. The molecule has 0 fully saturated rings. The summed E-state index contributed by atoms with van der Waals surface area (Å²) in [5.74, 6) is 1.43. The van der Waals surface area contributed by atoms with E-state index in [4.69, 9.17) is 0 Å². The van der Waals surface area contributed by atoms with E-state index in [0.717, 1.165) is 0 Å². The number of hydrogen-bond donors (Lipinski definition) is 1. The van der Waals surface area contributed by atoms with Crippen LogP contribution in [0.2, 0.25) is 0 Å². The van der Waals surface area contributed by atoms with E-state index in [1.807, 2.05) is 0 Å². The van der Waals surface area contributed by atoms with Gasteiger partial charge in [0.15, 0.2) is 0 Å². The Bertz CT molecular complexity index is 424. The molecule has 0 aromatic carbocycles. The van der Waals surface area contributed by atoms with Gasteiger partial charge >= 0.3 is 0 Å². The van der Waals surface area contributed by atoms with E-state index in [1.165, 1.54) is 141 Å². The largest absolute Gasteiger partial charge is 0.254 e. The zero-order valence-corrected chi connectivity index (χ0v) is 19.5. The molecule has 0 saturated carbocycles. The predicted molar refractivity (Wildman–Crippen MR) is 124 cm³/mol. The summed E-state index contributed by atoms with van der Waals surface area (Å²) in [6.07, 6.45) is 32.6. The summed E-state index contributed by atoms with van der Waals surface area (Å²) in [5.41, 5.74) is 0. The highest BCUT2D eigenvalue weighted by Crippen LogP contribution is 2.13. The first-order valence-corrected chi connectivity index (χ1v) is 12.9. The molecule has 0 aliphatic heterocycles. The fraction of sp³-hybridized carbons (Fsp3) is 0.885. The summed E-state index contributed by atoms with van der Waals surface area (Å²) in [5, 5.41) is 0. The lowest BCUT2D eigenvalue weighted by molar-refractivity contribution is -0.703. The monoisotopic (exact) mass is 391 g/mol. The summed E-state index contributed by atoms with van der Waals surface area (Å²) < 4.78 is 2.45. The zero-order chi connectivity index (χ0) is 20.1. The molecule has 1 rings (SSSR count). The molecule has 2 heteroatoms. The third-order valence-electron chi connectivity index (χ3n) is 6.12. The van der Waals surface area contributed by atoms with Crippen molar-refractivity contribution in [3.8, 4) is 0 Å². The molecule has 0 radical (unpaired) electrons. The van der Waals surface area contributed by atoms with Gasteiger partial charge in [-0.3, -0.25) is 0 Å². The normalized spacial score (nSPS) is 11.4. The molecule has 164 valence electrons. The van der Waals surface area contributed by atoms with Gasteiger partial charge in [-0.2, -0.15) is 0 Å². The zero-order valence-electron chi connectivity index (χ0n) is 19.5. The van der Waals surface area contributed by atoms with Crippen LogP contribution in [0.4, 0.5) is 0 Å². The lowest BCUT2D eigenvalue weighted by atomic mass is 10.0. The molecule has 1 aromatic heterocycles. The number of aromatic nitrogens is 2. The van der Waals surface area contributed by atoms with E-state index >= 15 is 0 Å². The second-order valence-electron chi connectivity index (χ2n) is 8.86. The van der Waals surface area contributed by atoms with Gasteiger partial charge < -0.3 is 0 Å². The van der Waals surface area contributed by atoms with Gasteiger partial charge in [0.1, 0.15) is 12.4 Å². The number of nitrogens with zero attached hydrogens (tertiary/aromatic N) is 1. The van der Waals surface area contributed by atoms with Gasteiger partial charge in [-0.1, -0.05) is 117 Å². The number of aromatic amines is 1. The molecule has 2 nitrogen and oxygen atoms in total. The lowest BCUT2D eigenvalue weighted by Gasteiger charge is -2.04. The Morgan fingerprint density at radius 1 is 0.571 bits per heavy atom. The van der Waals surface area contributed by atoms with Crippen LogP contribution in [0.25, 0.3) is 0 Å². The van der Waals surface area contributed by atoms with Crippen molar-refractivity contribution in [1.82, 2.24) is 4.98 Å². The SMILES string of the molecule is CCCCCCCCCCCCCCCCC[n+]1cc[nH]c1CCCCCC. The Kier molecular flexibility index (Phi) is 17.6. The standard InChI is InChI=1S/C26H50N2/c1-3-5-7-9-10-11-12-13-14-15-16-17-18-19-21-24-28-25-23-27-26(28)22-20-8-6-4-2/h23,25H,3-22,24H2,1-2H3/p+1. The van der Waals surface area contributed by atoms with Crippen molar-refractivity contribution < 1.29 is 4.57 Å². The van der Waals surface area contributed by atoms with Crippen LogP contribution in [0, 0.1) is 0 Å². The highest BCUT2D eigenvalue weighted by Gasteiger charge is 2.09. The first-order valence-electron chi connectivity index (χ1n) is 12.9. The Morgan fingerprint density at radius 3 is 1.50 bits per heavy atom. The number of nitrogens with one attached hydrogen (secondary N) is 1. The number of hydrogen-bond acceptors (Lipinski definition) is 0. The first kappa shape index (κ1) is 25.2. The fourth-order valence-electron chi connectivity index (χ4n) is 4.19. The molecule has 0 bridgehead atoms. The maximum Gasteiger partial charge on any atom is 0.254 e. The van der Waals surface area contributed by atoms with Crippen molar-refractivity contribution in [2.45, 2.75) is 149 Å². The van der Waals surface area contributed by atoms with Crippen LogP contribution in [-0.4, -0.2) is 4.98 Å². The summed E-state index contributed by atoms with van der Waals surface area (Å²) in [4.78, 5) is 3.45. The first-order chi connectivity index (χ1) is 13.9. The van der Waals surface area contributed by atoms with E-state index in [2.05, 4.69) is 35.8 Å². The summed E-state index contributed by atoms with van der Waals surface area (Å²) in [6, 6.07) is 0. The van der Waals surface area contributed by atoms with Crippen LogP contribution >= 0.6 is 0 Å². The van der Waals surface area contributed by atoms with Gasteiger partial charge in [-0.15, -0.1) is 0 Å². The highest BCUT2D eigenvalue weighted by molar-refractivity contribution is 4.77. The van der Waals surface area contributed by atoms with Crippen molar-refractivity contribution in [2.75, 3.05) is 0 Å². The van der Waals surface area contributed by atoms with Crippen LogP contribution < -0.4 is 4.57 Å². The summed E-state index contributed by atoms with van der Waals surface area (Å²) in [7, 11) is 0. The summed E-state index contributed by atoms with van der Waals surface area (Å²) in [6.45, 7) is 5.78. The molecular formula is C26H51N2+. The Labute approximate surface area is 176 Å². The minimum absolute atomic E-state index is 1.20. The van der Waals surface area contributed by atoms with Gasteiger partial charge in [-0.05, 0) is 19.3 Å². The number of imidazole rings is 1. The quantitative estimate of drug-likeness (QED) is 0.161. The topological polar surface area (TPSA) is 19.7 Å². The molecule has 0 aliphatic rings. The van der Waals surface area contributed by atoms with Crippen LogP contribution in [0.15, 0.2) is 12.4 Å². The van der Waals surface area contributed by atoms with Gasteiger partial charge in [0.05, 0.1) is 6.54 Å². The molecule has 1 N–H and O–H groups in total. The smallest absolute Gasteiger partial charge is 0.248 e. The molecule has 1 aromatic rings. The molecule has 0 saturated heterocycles. The Balaban J connectivity index is 1.85. The van der Waals surface area contributed by atoms with Crippen molar-refractivity contribution in [3.05, 3.63) is 18.2 Å². The van der Waals surface area contributed by atoms with E-state index in [0.29, 0.717) is 0 Å². The Hall–Kier alpha value is -0.790. The third kappa shape index (κ3) is 14.2. The molecule has 0 atom stereocenters. The van der Waals surface area contributed by atoms with Gasteiger partial charge in [0.25, 0.3) is 5.82 Å². The van der Waals surface area contributed by atoms with Crippen LogP contribution in [0.3, 0.4) is 0 Å². The van der Waals surface area contributed by atoms with Crippen LogP contribution in [0.5, 0.6) is 0 Å². The summed E-state index contributed by atoms with van der Waals surface area (Å²) >= 11 is 0. The number of H-pyrrole nitrogens is 1. The third-order valence-corrected chi connectivity index (χ3v) is 6.12. The Morgan fingerprint density at radius 2 is 1.00 bits per heavy atom. The van der Waals surface area contributed by atoms with Crippen molar-refractivity contribution in [2.24, 2.45) is 0 Å². The fourth-order valence-corrected chi connectivity index (χ4v) is 4.19. The lowest BCUT2D eigenvalue weighted by Crippen LogP contribution is -2.36. The van der Waals surface area contributed by atoms with Crippen LogP contribution in [0.1, 0.15) is 142 Å². The van der Waals surface area contributed by atoms with E-state index in [1.54, 1.807) is 0 Å². The van der Waals surface area contributed by atoms with E-state index in [9.17, 15) is 0 Å². The van der Waals surface area contributed by atoms with Gasteiger partial charge in [0.2, 0.25) is 0 Å².